The number of nitrogens with zero attached hydrogens (tertiary/aromatic N) is 5. The molecule has 4 aromatic rings. The molecule has 2 amide bonds. The summed E-state index contributed by atoms with van der Waals surface area (Å²) in [6.45, 7) is 5.87. The molecule has 0 radical (unpaired) electrons. The number of aromatic nitrogens is 2. The molecular weight excluding hydrogens is 561 g/mol. The fourth-order valence-corrected chi connectivity index (χ4v) is 6.07. The van der Waals surface area contributed by atoms with E-state index in [2.05, 4.69) is 32.7 Å². The number of piperidine rings is 1. The number of amides is 2. The molecule has 2 aliphatic rings. The summed E-state index contributed by atoms with van der Waals surface area (Å²) in [5.74, 6) is -0.775. The number of hydrogen-bond acceptors (Lipinski definition) is 8. The molecule has 0 aliphatic carbocycles. The topological polar surface area (TPSA) is 123 Å². The van der Waals surface area contributed by atoms with E-state index in [9.17, 15) is 18.8 Å². The quantitative estimate of drug-likeness (QED) is 0.312. The molecule has 2 saturated heterocycles. The Bertz CT molecular complexity index is 1860. The van der Waals surface area contributed by atoms with Gasteiger partial charge in [-0.25, -0.2) is 9.37 Å². The van der Waals surface area contributed by atoms with Crippen LogP contribution in [-0.2, 0) is 22.7 Å². The van der Waals surface area contributed by atoms with Crippen molar-refractivity contribution in [3.05, 3.63) is 99.3 Å². The molecular formula is C33H32FN7O3. The molecule has 224 valence electrons. The highest BCUT2D eigenvalue weighted by Gasteiger charge is 2.31. The Labute approximate surface area is 253 Å². The second-order valence-corrected chi connectivity index (χ2v) is 11.2. The van der Waals surface area contributed by atoms with Crippen LogP contribution in [0, 0.1) is 24.1 Å². The maximum atomic E-state index is 14.5. The maximum absolute atomic E-state index is 14.5. The van der Waals surface area contributed by atoms with Gasteiger partial charge >= 0.3 is 0 Å². The summed E-state index contributed by atoms with van der Waals surface area (Å²) in [7, 11) is 0. The van der Waals surface area contributed by atoms with E-state index < -0.39 is 11.9 Å². The van der Waals surface area contributed by atoms with Crippen LogP contribution in [0.2, 0.25) is 0 Å². The number of hydrogen-bond donors (Lipinski definition) is 2. The molecule has 0 bridgehead atoms. The summed E-state index contributed by atoms with van der Waals surface area (Å²) in [5.41, 5.74) is 3.88. The van der Waals surface area contributed by atoms with Crippen molar-refractivity contribution >= 4 is 34.1 Å². The minimum atomic E-state index is -0.785. The number of nitrogens with one attached hydrogen (secondary N) is 2. The van der Waals surface area contributed by atoms with Gasteiger partial charge in [-0.15, -0.1) is 0 Å². The summed E-state index contributed by atoms with van der Waals surface area (Å²) in [4.78, 5) is 46.9. The van der Waals surface area contributed by atoms with Crippen molar-refractivity contribution in [1.82, 2.24) is 19.8 Å². The van der Waals surface area contributed by atoms with Crippen LogP contribution in [0.4, 0.5) is 15.8 Å². The van der Waals surface area contributed by atoms with Crippen LogP contribution in [-0.4, -0.2) is 52.4 Å². The Balaban J connectivity index is 1.13. The Hall–Kier alpha value is -5.08. The van der Waals surface area contributed by atoms with E-state index in [0.717, 1.165) is 30.8 Å². The van der Waals surface area contributed by atoms with Gasteiger partial charge < -0.3 is 10.2 Å². The normalized spacial score (nSPS) is 17.4. The highest BCUT2D eigenvalue weighted by atomic mass is 19.1. The molecule has 6 rings (SSSR count). The minimum absolute atomic E-state index is 0.169. The van der Waals surface area contributed by atoms with Gasteiger partial charge in [-0.2, -0.15) is 5.26 Å². The number of fused-ring (bicyclic) bond motifs is 1. The maximum Gasteiger partial charge on any atom is 0.264 e. The highest BCUT2D eigenvalue weighted by molar-refractivity contribution is 5.99. The van der Waals surface area contributed by atoms with E-state index >= 15 is 0 Å². The predicted octanol–water partition coefficient (Wildman–Crippen LogP) is 3.63. The number of aryl methyl sites for hydroxylation is 1. The van der Waals surface area contributed by atoms with E-state index in [-0.39, 0.29) is 30.1 Å². The third-order valence-electron chi connectivity index (χ3n) is 8.30. The highest BCUT2D eigenvalue weighted by Crippen LogP contribution is 2.25. The Morgan fingerprint density at radius 2 is 1.80 bits per heavy atom. The van der Waals surface area contributed by atoms with E-state index in [1.165, 1.54) is 10.6 Å². The van der Waals surface area contributed by atoms with Gasteiger partial charge in [0, 0.05) is 51.4 Å². The molecule has 11 heteroatoms. The number of piperazine rings is 1. The van der Waals surface area contributed by atoms with Gasteiger partial charge in [0.2, 0.25) is 11.8 Å². The number of halogens is 1. The average Bonchev–Trinajstić information content (AvgIpc) is 3.01. The summed E-state index contributed by atoms with van der Waals surface area (Å²) in [6.07, 6.45) is 0.421. The first-order valence-corrected chi connectivity index (χ1v) is 14.6. The van der Waals surface area contributed by atoms with Crippen LogP contribution in [0.5, 0.6) is 0 Å². The summed E-state index contributed by atoms with van der Waals surface area (Å²) in [5, 5.41) is 15.1. The fraction of sp³-hybridized carbons (Fsp3) is 0.303. The lowest BCUT2D eigenvalue weighted by Gasteiger charge is -2.36. The molecule has 0 spiro atoms. The van der Waals surface area contributed by atoms with Gasteiger partial charge in [-0.3, -0.25) is 29.2 Å². The third-order valence-corrected chi connectivity index (χ3v) is 8.30. The van der Waals surface area contributed by atoms with Gasteiger partial charge in [0.15, 0.2) is 0 Å². The number of imide groups is 1. The number of nitriles is 1. The van der Waals surface area contributed by atoms with Gasteiger partial charge in [-0.05, 0) is 54.8 Å². The fourth-order valence-electron chi connectivity index (χ4n) is 6.07. The molecule has 0 saturated carbocycles. The molecule has 3 aromatic carbocycles. The first kappa shape index (κ1) is 29.0. The van der Waals surface area contributed by atoms with Crippen molar-refractivity contribution in [3.8, 4) is 6.07 Å². The van der Waals surface area contributed by atoms with Crippen molar-refractivity contribution in [2.75, 3.05) is 36.4 Å². The standard InChI is InChI=1S/C33H32FN7O3/c1-21-37-27-7-3-6-26(31(27)33(44)41(21)29-10-11-30(42)38-32(29)43)36-19-23-4-2-5-24(16-23)20-39-12-14-40(15-13-39)28-9-8-22(18-35)17-25(28)34/h2-9,16-17,29,36H,10-15,19-20H2,1H3,(H,38,42,43). The monoisotopic (exact) mass is 593 g/mol. The molecule has 44 heavy (non-hydrogen) atoms. The van der Waals surface area contributed by atoms with Gasteiger partial charge in [0.25, 0.3) is 5.56 Å². The van der Waals surface area contributed by atoms with Crippen molar-refractivity contribution < 1.29 is 14.0 Å². The van der Waals surface area contributed by atoms with Crippen LogP contribution in [0.25, 0.3) is 10.9 Å². The van der Waals surface area contributed by atoms with E-state index in [4.69, 9.17) is 5.26 Å². The van der Waals surface area contributed by atoms with Crippen LogP contribution < -0.4 is 21.1 Å². The van der Waals surface area contributed by atoms with Gasteiger partial charge in [-0.1, -0.05) is 30.3 Å². The van der Waals surface area contributed by atoms with E-state index in [1.807, 2.05) is 35.2 Å². The van der Waals surface area contributed by atoms with Crippen molar-refractivity contribution in [3.63, 3.8) is 0 Å². The lowest BCUT2D eigenvalue weighted by atomic mass is 10.0. The minimum Gasteiger partial charge on any atom is -0.380 e. The summed E-state index contributed by atoms with van der Waals surface area (Å²) in [6, 6.07) is 19.5. The van der Waals surface area contributed by atoms with Crippen LogP contribution in [0.15, 0.2) is 65.5 Å². The molecule has 1 atom stereocenters. The molecule has 2 aliphatic heterocycles. The molecule has 1 aromatic heterocycles. The predicted molar refractivity (Wildman–Crippen MR) is 165 cm³/mol. The number of carbonyl (C=O) groups excluding carboxylic acids is 2. The summed E-state index contributed by atoms with van der Waals surface area (Å²) >= 11 is 0. The van der Waals surface area contributed by atoms with Crippen LogP contribution >= 0.6 is 0 Å². The first-order chi connectivity index (χ1) is 21.3. The number of benzene rings is 3. The first-order valence-electron chi connectivity index (χ1n) is 14.6. The van der Waals surface area contributed by atoms with Crippen molar-refractivity contribution in [2.24, 2.45) is 0 Å². The van der Waals surface area contributed by atoms with Gasteiger partial charge in [0.05, 0.1) is 28.2 Å². The Morgan fingerprint density at radius 3 is 2.55 bits per heavy atom. The molecule has 2 fully saturated rings. The number of carbonyl (C=O) groups is 2. The SMILES string of the molecule is Cc1nc2cccc(NCc3cccc(CN4CCN(c5ccc(C#N)cc5F)CC4)c3)c2c(=O)n1C1CCC(=O)NC1=O. The second-order valence-electron chi connectivity index (χ2n) is 11.2. The zero-order valence-electron chi connectivity index (χ0n) is 24.3. The lowest BCUT2D eigenvalue weighted by Crippen LogP contribution is -2.46. The number of anilines is 2. The van der Waals surface area contributed by atoms with Crippen molar-refractivity contribution in [2.45, 2.75) is 38.9 Å². The molecule has 1 unspecified atom stereocenters. The van der Waals surface area contributed by atoms with E-state index in [0.29, 0.717) is 53.3 Å². The zero-order chi connectivity index (χ0) is 30.8. The number of rotatable bonds is 7. The summed E-state index contributed by atoms with van der Waals surface area (Å²) < 4.78 is 15.9. The van der Waals surface area contributed by atoms with Crippen LogP contribution in [0.3, 0.4) is 0 Å². The largest absolute Gasteiger partial charge is 0.380 e. The third kappa shape index (κ3) is 5.89. The Kier molecular flexibility index (Phi) is 8.09. The lowest BCUT2D eigenvalue weighted by molar-refractivity contribution is -0.135. The molecule has 2 N–H and O–H groups in total. The van der Waals surface area contributed by atoms with Crippen LogP contribution in [0.1, 0.15) is 41.4 Å². The van der Waals surface area contributed by atoms with Gasteiger partial charge in [0.1, 0.15) is 17.7 Å². The zero-order valence-corrected chi connectivity index (χ0v) is 24.3. The molecule has 3 heterocycles. The average molecular weight is 594 g/mol. The smallest absolute Gasteiger partial charge is 0.264 e. The van der Waals surface area contributed by atoms with Crippen molar-refractivity contribution in [1.29, 1.82) is 5.26 Å². The van der Waals surface area contributed by atoms with E-state index in [1.54, 1.807) is 25.1 Å². The molecule has 10 nitrogen and oxygen atoms in total. The Morgan fingerprint density at radius 1 is 1.02 bits per heavy atom. The second kappa shape index (κ2) is 12.3.